The Bertz CT molecular complexity index is 816. The van der Waals surface area contributed by atoms with E-state index in [1.54, 1.807) is 0 Å². The number of rotatable bonds is 5. The minimum Gasteiger partial charge on any atom is -0.454 e. The predicted molar refractivity (Wildman–Crippen MR) is 107 cm³/mol. The van der Waals surface area contributed by atoms with Crippen LogP contribution < -0.4 is 5.32 Å². The molecule has 0 aromatic heterocycles. The van der Waals surface area contributed by atoms with Crippen LogP contribution in [-0.4, -0.2) is 41.2 Å². The Morgan fingerprint density at radius 1 is 1.07 bits per heavy atom. The highest BCUT2D eigenvalue weighted by atomic mass is 16.5. The van der Waals surface area contributed by atoms with Gasteiger partial charge in [-0.2, -0.15) is 0 Å². The zero-order chi connectivity index (χ0) is 21.3. The summed E-state index contributed by atoms with van der Waals surface area (Å²) < 4.78 is 5.11. The van der Waals surface area contributed by atoms with E-state index in [1.807, 2.05) is 32.9 Å². The second kappa shape index (κ2) is 8.35. The maximum atomic E-state index is 12.6. The Labute approximate surface area is 170 Å². The highest BCUT2D eigenvalue weighted by molar-refractivity contribution is 6.08. The van der Waals surface area contributed by atoms with E-state index in [1.165, 1.54) is 6.92 Å². The third-order valence-corrected chi connectivity index (χ3v) is 5.89. The summed E-state index contributed by atoms with van der Waals surface area (Å²) in [7, 11) is 0. The molecule has 1 aliphatic heterocycles. The lowest BCUT2D eigenvalue weighted by molar-refractivity contribution is -0.159. The molecule has 0 radical (unpaired) electrons. The number of aryl methyl sites for hydroxylation is 3. The van der Waals surface area contributed by atoms with Gasteiger partial charge in [-0.1, -0.05) is 30.5 Å². The van der Waals surface area contributed by atoms with Gasteiger partial charge in [-0.05, 0) is 51.7 Å². The SMILES string of the molecule is Cc1cc(C)c(NC(=O)COC(=O)[C@H](C)N2C(=O)[C@@H]3CCCC[C@H]3C2=O)c(C)c1. The number of ether oxygens (including phenoxy) is 1. The van der Waals surface area contributed by atoms with Crippen molar-refractivity contribution in [1.82, 2.24) is 4.90 Å². The van der Waals surface area contributed by atoms with Crippen molar-refractivity contribution in [2.24, 2.45) is 11.8 Å². The molecule has 2 aliphatic rings. The van der Waals surface area contributed by atoms with Crippen molar-refractivity contribution in [3.63, 3.8) is 0 Å². The zero-order valence-corrected chi connectivity index (χ0v) is 17.4. The second-order valence-electron chi connectivity index (χ2n) is 8.15. The highest BCUT2D eigenvalue weighted by Crippen LogP contribution is 2.38. The molecule has 7 nitrogen and oxygen atoms in total. The monoisotopic (exact) mass is 400 g/mol. The third kappa shape index (κ3) is 4.18. The number of nitrogens with zero attached hydrogens (tertiary/aromatic N) is 1. The number of fused-ring (bicyclic) bond motifs is 1. The first-order chi connectivity index (χ1) is 13.7. The summed E-state index contributed by atoms with van der Waals surface area (Å²) in [5.74, 6) is -2.44. The largest absolute Gasteiger partial charge is 0.454 e. The minimum atomic E-state index is -1.03. The van der Waals surface area contributed by atoms with Crippen LogP contribution in [0.2, 0.25) is 0 Å². The van der Waals surface area contributed by atoms with Gasteiger partial charge in [-0.3, -0.25) is 19.3 Å². The molecule has 0 spiro atoms. The van der Waals surface area contributed by atoms with Crippen LogP contribution in [0.1, 0.15) is 49.3 Å². The van der Waals surface area contributed by atoms with E-state index in [9.17, 15) is 19.2 Å². The Morgan fingerprint density at radius 3 is 2.10 bits per heavy atom. The van der Waals surface area contributed by atoms with Gasteiger partial charge >= 0.3 is 5.97 Å². The summed E-state index contributed by atoms with van der Waals surface area (Å²) in [6.45, 7) is 6.77. The van der Waals surface area contributed by atoms with Crippen molar-refractivity contribution in [2.75, 3.05) is 11.9 Å². The van der Waals surface area contributed by atoms with E-state index in [-0.39, 0.29) is 23.7 Å². The van der Waals surface area contributed by atoms with Gasteiger partial charge in [0.2, 0.25) is 11.8 Å². The van der Waals surface area contributed by atoms with Crippen LogP contribution in [-0.2, 0) is 23.9 Å². The molecule has 0 bridgehead atoms. The van der Waals surface area contributed by atoms with Gasteiger partial charge in [-0.15, -0.1) is 0 Å². The van der Waals surface area contributed by atoms with E-state index in [0.717, 1.165) is 34.4 Å². The molecule has 1 aliphatic carbocycles. The number of hydrogen-bond acceptors (Lipinski definition) is 5. The topological polar surface area (TPSA) is 92.8 Å². The van der Waals surface area contributed by atoms with Gasteiger partial charge in [0.25, 0.3) is 5.91 Å². The van der Waals surface area contributed by atoms with Gasteiger partial charge in [0.05, 0.1) is 11.8 Å². The molecule has 1 aromatic carbocycles. The number of amides is 3. The van der Waals surface area contributed by atoms with E-state index < -0.39 is 24.5 Å². The summed E-state index contributed by atoms with van der Waals surface area (Å²) >= 11 is 0. The lowest BCUT2D eigenvalue weighted by atomic mass is 9.81. The summed E-state index contributed by atoms with van der Waals surface area (Å²) in [4.78, 5) is 50.9. The zero-order valence-electron chi connectivity index (χ0n) is 17.4. The van der Waals surface area contributed by atoms with E-state index in [2.05, 4.69) is 5.32 Å². The number of nitrogens with one attached hydrogen (secondary N) is 1. The smallest absolute Gasteiger partial charge is 0.329 e. The maximum Gasteiger partial charge on any atom is 0.329 e. The van der Waals surface area contributed by atoms with Gasteiger partial charge in [0, 0.05) is 5.69 Å². The number of benzene rings is 1. The number of hydrogen-bond donors (Lipinski definition) is 1. The first-order valence-corrected chi connectivity index (χ1v) is 10.1. The lowest BCUT2D eigenvalue weighted by Crippen LogP contribution is -2.45. The van der Waals surface area contributed by atoms with E-state index in [4.69, 9.17) is 4.74 Å². The third-order valence-electron chi connectivity index (χ3n) is 5.89. The average Bonchev–Trinajstić information content (AvgIpc) is 2.93. The Kier molecular flexibility index (Phi) is 6.05. The average molecular weight is 400 g/mol. The fourth-order valence-corrected chi connectivity index (χ4v) is 4.49. The molecule has 1 aromatic rings. The quantitative estimate of drug-likeness (QED) is 0.606. The fourth-order valence-electron chi connectivity index (χ4n) is 4.49. The van der Waals surface area contributed by atoms with Crippen molar-refractivity contribution in [3.05, 3.63) is 28.8 Å². The van der Waals surface area contributed by atoms with Crippen molar-refractivity contribution in [3.8, 4) is 0 Å². The van der Waals surface area contributed by atoms with Crippen molar-refractivity contribution in [1.29, 1.82) is 0 Å². The molecule has 1 heterocycles. The van der Waals surface area contributed by atoms with Crippen LogP contribution >= 0.6 is 0 Å². The number of carbonyl (C=O) groups excluding carboxylic acids is 4. The number of imide groups is 1. The molecular formula is C22H28N2O5. The van der Waals surface area contributed by atoms with Crippen LogP contribution in [0.3, 0.4) is 0 Å². The number of likely N-dealkylation sites (tertiary alicyclic amines) is 1. The number of anilines is 1. The number of esters is 1. The molecule has 2 fully saturated rings. The Morgan fingerprint density at radius 2 is 1.59 bits per heavy atom. The molecule has 3 amide bonds. The summed E-state index contributed by atoms with van der Waals surface area (Å²) in [5.41, 5.74) is 3.63. The Hall–Kier alpha value is -2.70. The van der Waals surface area contributed by atoms with E-state index in [0.29, 0.717) is 18.5 Å². The first kappa shape index (κ1) is 21.0. The van der Waals surface area contributed by atoms with Crippen LogP contribution in [0.25, 0.3) is 0 Å². The van der Waals surface area contributed by atoms with Gasteiger partial charge < -0.3 is 10.1 Å². The fraction of sp³-hybridized carbons (Fsp3) is 0.545. The molecule has 3 atom stereocenters. The van der Waals surface area contributed by atoms with Gasteiger partial charge in [0.1, 0.15) is 6.04 Å². The van der Waals surface area contributed by atoms with Crippen LogP contribution in [0.4, 0.5) is 5.69 Å². The van der Waals surface area contributed by atoms with Gasteiger partial charge in [-0.25, -0.2) is 4.79 Å². The number of carbonyl (C=O) groups is 4. The molecule has 29 heavy (non-hydrogen) atoms. The Balaban J connectivity index is 1.58. The van der Waals surface area contributed by atoms with Crippen LogP contribution in [0.15, 0.2) is 12.1 Å². The van der Waals surface area contributed by atoms with Gasteiger partial charge in [0.15, 0.2) is 6.61 Å². The van der Waals surface area contributed by atoms with Crippen molar-refractivity contribution < 1.29 is 23.9 Å². The molecule has 0 unspecified atom stereocenters. The van der Waals surface area contributed by atoms with Crippen LogP contribution in [0.5, 0.6) is 0 Å². The molecule has 3 rings (SSSR count). The van der Waals surface area contributed by atoms with Crippen molar-refractivity contribution >= 4 is 29.4 Å². The van der Waals surface area contributed by atoms with Crippen LogP contribution in [0, 0.1) is 32.6 Å². The molecule has 1 saturated heterocycles. The van der Waals surface area contributed by atoms with E-state index >= 15 is 0 Å². The highest BCUT2D eigenvalue weighted by Gasteiger charge is 2.51. The maximum absolute atomic E-state index is 12.6. The molecule has 156 valence electrons. The summed E-state index contributed by atoms with van der Waals surface area (Å²) in [6, 6.07) is 2.89. The predicted octanol–water partition coefficient (Wildman–Crippen LogP) is 2.66. The normalized spacial score (nSPS) is 22.3. The molecule has 1 saturated carbocycles. The lowest BCUT2D eigenvalue weighted by Gasteiger charge is -2.21. The molecule has 1 N–H and O–H groups in total. The standard InChI is InChI=1S/C22H28N2O5/c1-12-9-13(2)19(14(3)10-12)23-18(25)11-29-22(28)15(4)24-20(26)16-7-5-6-8-17(16)21(24)27/h9-10,15-17H,5-8,11H2,1-4H3,(H,23,25)/t15-,16+,17+/m0/s1. The summed E-state index contributed by atoms with van der Waals surface area (Å²) in [6.07, 6.45) is 3.21. The molecule has 7 heteroatoms. The second-order valence-corrected chi connectivity index (χ2v) is 8.15. The summed E-state index contributed by atoms with van der Waals surface area (Å²) in [5, 5.41) is 2.76. The first-order valence-electron chi connectivity index (χ1n) is 10.1. The van der Waals surface area contributed by atoms with Crippen molar-refractivity contribution in [2.45, 2.75) is 59.4 Å². The minimum absolute atomic E-state index is 0.292. The molecular weight excluding hydrogens is 372 g/mol.